The number of phenols is 1. The van der Waals surface area contributed by atoms with Crippen LogP contribution in [0.2, 0.25) is 0 Å². The van der Waals surface area contributed by atoms with Gasteiger partial charge in [-0.05, 0) is 25.1 Å². The zero-order chi connectivity index (χ0) is 8.72. The number of fused-ring (bicyclic) bond motifs is 1. The van der Waals surface area contributed by atoms with Crippen LogP contribution in [0.25, 0.3) is 0 Å². The first kappa shape index (κ1) is 7.03. The number of phenolic OH excluding ortho intramolecular Hbond substituents is 1. The molecule has 60 valence electrons. The van der Waals surface area contributed by atoms with E-state index in [1.165, 1.54) is 6.07 Å². The van der Waals surface area contributed by atoms with Gasteiger partial charge in [0.1, 0.15) is 5.75 Å². The summed E-state index contributed by atoms with van der Waals surface area (Å²) in [6, 6.07) is 4.64. The molecule has 3 nitrogen and oxygen atoms in total. The Hall–Kier alpha value is -1.64. The van der Waals surface area contributed by atoms with Gasteiger partial charge >= 0.3 is 0 Å². The van der Waals surface area contributed by atoms with Crippen LogP contribution in [-0.4, -0.2) is 16.7 Å². The lowest BCUT2D eigenvalue weighted by Crippen LogP contribution is -1.92. The van der Waals surface area contributed by atoms with Gasteiger partial charge in [-0.2, -0.15) is 0 Å². The molecule has 0 saturated heterocycles. The van der Waals surface area contributed by atoms with E-state index in [9.17, 15) is 4.79 Å². The average Bonchev–Trinajstić information content (AvgIpc) is 2.28. The minimum atomic E-state index is -0.220. The highest BCUT2D eigenvalue weighted by Gasteiger charge is 2.19. The molecule has 1 aliphatic rings. The molecule has 0 aromatic heterocycles. The summed E-state index contributed by atoms with van der Waals surface area (Å²) < 4.78 is 0. The van der Waals surface area contributed by atoms with Crippen molar-refractivity contribution < 1.29 is 9.90 Å². The number of nitrogens with zero attached hydrogens (tertiary/aromatic N) is 1. The Bertz CT molecular complexity index is 394. The summed E-state index contributed by atoms with van der Waals surface area (Å²) in [7, 11) is 0. The molecule has 12 heavy (non-hydrogen) atoms. The summed E-state index contributed by atoms with van der Waals surface area (Å²) in [5.41, 5.74) is 1.98. The van der Waals surface area contributed by atoms with E-state index in [-0.39, 0.29) is 11.7 Å². The van der Waals surface area contributed by atoms with E-state index in [2.05, 4.69) is 4.99 Å². The largest absolute Gasteiger partial charge is 0.508 e. The summed E-state index contributed by atoms with van der Waals surface area (Å²) >= 11 is 0. The highest BCUT2D eigenvalue weighted by Crippen LogP contribution is 2.22. The summed E-state index contributed by atoms with van der Waals surface area (Å²) in [5.74, 6) is -0.0551. The molecule has 3 heteroatoms. The van der Waals surface area contributed by atoms with Gasteiger partial charge in [-0.1, -0.05) is 0 Å². The number of hydrogen-bond acceptors (Lipinski definition) is 2. The predicted octanol–water partition coefficient (Wildman–Crippen LogP) is 1.35. The summed E-state index contributed by atoms with van der Waals surface area (Å²) in [4.78, 5) is 14.9. The minimum absolute atomic E-state index is 0.165. The van der Waals surface area contributed by atoms with E-state index >= 15 is 0 Å². The number of carbonyl (C=O) groups is 1. The molecular weight excluding hydrogens is 154 g/mol. The molecule has 0 spiro atoms. The highest BCUT2D eigenvalue weighted by molar-refractivity contribution is 6.20. The quantitative estimate of drug-likeness (QED) is 0.624. The number of rotatable bonds is 0. The monoisotopic (exact) mass is 161 g/mol. The van der Waals surface area contributed by atoms with Crippen molar-refractivity contribution in [3.63, 3.8) is 0 Å². The lowest BCUT2D eigenvalue weighted by molar-refractivity contribution is 0.101. The topological polar surface area (TPSA) is 49.7 Å². The number of hydrogen-bond donors (Lipinski definition) is 1. The van der Waals surface area contributed by atoms with Crippen molar-refractivity contribution >= 4 is 11.6 Å². The Morgan fingerprint density at radius 2 is 2.08 bits per heavy atom. The van der Waals surface area contributed by atoms with E-state index in [1.807, 2.05) is 0 Å². The number of carbonyl (C=O) groups excluding carboxylic acids is 1. The fraction of sp³-hybridized carbons (Fsp3) is 0.111. The standard InChI is InChI=1S/C9H7NO2/c1-5-8-4-6(11)2-3-7(8)9(12)10-5/h2-4,11H,1H3. The third kappa shape index (κ3) is 0.830. The molecule has 1 heterocycles. The average molecular weight is 161 g/mol. The van der Waals surface area contributed by atoms with Crippen molar-refractivity contribution in [2.24, 2.45) is 4.99 Å². The maximum atomic E-state index is 11.1. The second-order valence-electron chi connectivity index (χ2n) is 2.73. The van der Waals surface area contributed by atoms with E-state index in [0.717, 1.165) is 5.56 Å². The van der Waals surface area contributed by atoms with E-state index < -0.39 is 0 Å². The molecule has 0 unspecified atom stereocenters. The molecule has 0 atom stereocenters. The molecule has 1 aliphatic heterocycles. The molecule has 1 N–H and O–H groups in total. The molecule has 1 amide bonds. The van der Waals surface area contributed by atoms with E-state index in [0.29, 0.717) is 11.3 Å². The molecule has 0 fully saturated rings. The van der Waals surface area contributed by atoms with Gasteiger partial charge in [-0.25, -0.2) is 4.99 Å². The fourth-order valence-corrected chi connectivity index (χ4v) is 1.29. The highest BCUT2D eigenvalue weighted by atomic mass is 16.3. The first-order valence-corrected chi connectivity index (χ1v) is 3.61. The lowest BCUT2D eigenvalue weighted by atomic mass is 10.1. The van der Waals surface area contributed by atoms with Crippen molar-refractivity contribution in [3.05, 3.63) is 29.3 Å². The lowest BCUT2D eigenvalue weighted by Gasteiger charge is -1.97. The molecule has 1 aromatic carbocycles. The van der Waals surface area contributed by atoms with E-state index in [4.69, 9.17) is 5.11 Å². The summed E-state index contributed by atoms with van der Waals surface area (Å²) in [6.07, 6.45) is 0. The minimum Gasteiger partial charge on any atom is -0.508 e. The molecule has 1 aromatic rings. The summed E-state index contributed by atoms with van der Waals surface area (Å²) in [5, 5.41) is 9.13. The fourth-order valence-electron chi connectivity index (χ4n) is 1.29. The summed E-state index contributed by atoms with van der Waals surface area (Å²) in [6.45, 7) is 1.75. The Balaban J connectivity index is 2.69. The third-order valence-electron chi connectivity index (χ3n) is 1.89. The van der Waals surface area contributed by atoms with Crippen molar-refractivity contribution in [3.8, 4) is 5.75 Å². The van der Waals surface area contributed by atoms with Gasteiger partial charge in [-0.3, -0.25) is 4.79 Å². The van der Waals surface area contributed by atoms with Crippen LogP contribution in [0.3, 0.4) is 0 Å². The van der Waals surface area contributed by atoms with Gasteiger partial charge in [0.15, 0.2) is 0 Å². The van der Waals surface area contributed by atoms with Crippen LogP contribution in [0.4, 0.5) is 0 Å². The van der Waals surface area contributed by atoms with Crippen molar-refractivity contribution in [2.45, 2.75) is 6.92 Å². The maximum absolute atomic E-state index is 11.1. The van der Waals surface area contributed by atoms with Gasteiger partial charge in [0, 0.05) is 11.3 Å². The Labute approximate surface area is 69.4 Å². The predicted molar refractivity (Wildman–Crippen MR) is 44.6 cm³/mol. The van der Waals surface area contributed by atoms with Crippen LogP contribution >= 0.6 is 0 Å². The zero-order valence-electron chi connectivity index (χ0n) is 6.53. The van der Waals surface area contributed by atoms with Gasteiger partial charge in [0.25, 0.3) is 5.91 Å². The van der Waals surface area contributed by atoms with Crippen LogP contribution in [0.15, 0.2) is 23.2 Å². The van der Waals surface area contributed by atoms with Gasteiger partial charge < -0.3 is 5.11 Å². The third-order valence-corrected chi connectivity index (χ3v) is 1.89. The molecule has 0 radical (unpaired) electrons. The normalized spacial score (nSPS) is 14.4. The maximum Gasteiger partial charge on any atom is 0.277 e. The molecular formula is C9H7NO2. The second-order valence-corrected chi connectivity index (χ2v) is 2.73. The molecule has 0 saturated carbocycles. The number of amides is 1. The second kappa shape index (κ2) is 2.17. The van der Waals surface area contributed by atoms with Gasteiger partial charge in [0.05, 0.1) is 5.56 Å². The van der Waals surface area contributed by atoms with Crippen LogP contribution < -0.4 is 0 Å². The van der Waals surface area contributed by atoms with Gasteiger partial charge in [-0.15, -0.1) is 0 Å². The van der Waals surface area contributed by atoms with Crippen LogP contribution in [0, 0.1) is 0 Å². The molecule has 0 aliphatic carbocycles. The number of aliphatic imine (C=N–C) groups is 1. The first-order chi connectivity index (χ1) is 5.68. The van der Waals surface area contributed by atoms with Crippen LogP contribution in [-0.2, 0) is 0 Å². The SMILES string of the molecule is CC1=NC(=O)c2ccc(O)cc21. The van der Waals surface area contributed by atoms with Crippen LogP contribution in [0.5, 0.6) is 5.75 Å². The molecule has 2 rings (SSSR count). The Kier molecular flexibility index (Phi) is 1.27. The van der Waals surface area contributed by atoms with E-state index in [1.54, 1.807) is 19.1 Å². The van der Waals surface area contributed by atoms with Crippen molar-refractivity contribution in [1.82, 2.24) is 0 Å². The zero-order valence-corrected chi connectivity index (χ0v) is 6.53. The number of benzene rings is 1. The molecule has 0 bridgehead atoms. The smallest absolute Gasteiger partial charge is 0.277 e. The van der Waals surface area contributed by atoms with Crippen molar-refractivity contribution in [2.75, 3.05) is 0 Å². The Morgan fingerprint density at radius 1 is 1.33 bits per heavy atom. The van der Waals surface area contributed by atoms with Crippen LogP contribution in [0.1, 0.15) is 22.8 Å². The van der Waals surface area contributed by atoms with Crippen molar-refractivity contribution in [1.29, 1.82) is 0 Å². The Morgan fingerprint density at radius 3 is 2.83 bits per heavy atom. The van der Waals surface area contributed by atoms with Gasteiger partial charge in [0.2, 0.25) is 0 Å². The first-order valence-electron chi connectivity index (χ1n) is 3.61. The number of aromatic hydroxyl groups is 1.